The van der Waals surface area contributed by atoms with E-state index in [9.17, 15) is 25.2 Å². The normalized spacial score (nSPS) is 12.6. The number of benzene rings is 2. The van der Waals surface area contributed by atoms with E-state index >= 15 is 0 Å². The summed E-state index contributed by atoms with van der Waals surface area (Å²) in [6.07, 6.45) is -1.06. The van der Waals surface area contributed by atoms with E-state index in [2.05, 4.69) is 6.58 Å². The van der Waals surface area contributed by atoms with Crippen LogP contribution < -0.4 is 5.43 Å². The lowest BCUT2D eigenvalue weighted by atomic mass is 9.99. The summed E-state index contributed by atoms with van der Waals surface area (Å²) in [6.45, 7) is 5.24. The molecule has 0 bridgehead atoms. The lowest BCUT2D eigenvalue weighted by Gasteiger charge is -2.14. The maximum Gasteiger partial charge on any atom is 0.200 e. The fourth-order valence-electron chi connectivity index (χ4n) is 2.57. The van der Waals surface area contributed by atoms with Crippen molar-refractivity contribution in [1.29, 1.82) is 0 Å². The molecule has 0 spiro atoms. The van der Waals surface area contributed by atoms with E-state index < -0.39 is 17.3 Å². The number of para-hydroxylation sites is 1. The number of aliphatic hydroxyl groups is 1. The predicted molar refractivity (Wildman–Crippen MR) is 89.5 cm³/mol. The van der Waals surface area contributed by atoms with Gasteiger partial charge in [-0.15, -0.1) is 0 Å². The summed E-state index contributed by atoms with van der Waals surface area (Å²) < 4.78 is 5.51. The predicted octanol–water partition coefficient (Wildman–Crippen LogP) is 2.54. The summed E-state index contributed by atoms with van der Waals surface area (Å²) in [4.78, 5) is 12.5. The van der Waals surface area contributed by atoms with E-state index in [0.29, 0.717) is 5.57 Å². The van der Waals surface area contributed by atoms with Crippen molar-refractivity contribution in [3.8, 4) is 17.2 Å². The summed E-state index contributed by atoms with van der Waals surface area (Å²) in [6, 6.07) is 5.52. The van der Waals surface area contributed by atoms with Gasteiger partial charge in [0.15, 0.2) is 22.7 Å². The topological polar surface area (TPSA) is 111 Å². The van der Waals surface area contributed by atoms with Crippen LogP contribution in [0.15, 0.2) is 45.6 Å². The third-order valence-corrected chi connectivity index (χ3v) is 3.99. The zero-order chi connectivity index (χ0) is 17.6. The van der Waals surface area contributed by atoms with Crippen LogP contribution >= 0.6 is 0 Å². The van der Waals surface area contributed by atoms with Crippen molar-refractivity contribution in [1.82, 2.24) is 0 Å². The Labute approximate surface area is 136 Å². The molecule has 0 saturated carbocycles. The number of phenols is 3. The number of hydrogen-bond donors (Lipinski definition) is 4. The highest BCUT2D eigenvalue weighted by molar-refractivity contribution is 5.95. The van der Waals surface area contributed by atoms with Crippen molar-refractivity contribution < 1.29 is 24.8 Å². The third-order valence-electron chi connectivity index (χ3n) is 3.99. The van der Waals surface area contributed by atoms with Gasteiger partial charge in [-0.3, -0.25) is 4.79 Å². The molecule has 6 nitrogen and oxygen atoms in total. The quantitative estimate of drug-likeness (QED) is 0.434. The molecule has 3 rings (SSSR count). The minimum atomic E-state index is -0.972. The molecule has 6 heteroatoms. The fraction of sp³-hybridized carbons (Fsp3) is 0.167. The van der Waals surface area contributed by atoms with Crippen molar-refractivity contribution in [2.75, 3.05) is 0 Å². The van der Waals surface area contributed by atoms with Crippen LogP contribution in [0.2, 0.25) is 0 Å². The van der Waals surface area contributed by atoms with Crippen molar-refractivity contribution in [3.05, 3.63) is 52.2 Å². The van der Waals surface area contributed by atoms with Crippen LogP contribution in [0.25, 0.3) is 21.9 Å². The zero-order valence-electron chi connectivity index (χ0n) is 12.9. The van der Waals surface area contributed by atoms with Crippen molar-refractivity contribution in [2.24, 2.45) is 0 Å². The smallest absolute Gasteiger partial charge is 0.200 e. The number of fused-ring (bicyclic) bond motifs is 2. The van der Waals surface area contributed by atoms with Crippen molar-refractivity contribution in [2.45, 2.75) is 19.4 Å². The molecule has 0 aliphatic rings. The molecule has 1 heterocycles. The van der Waals surface area contributed by atoms with Gasteiger partial charge in [-0.25, -0.2) is 0 Å². The molecule has 0 saturated heterocycles. The Bertz CT molecular complexity index is 1030. The van der Waals surface area contributed by atoms with Crippen LogP contribution in [0.4, 0.5) is 0 Å². The zero-order valence-corrected chi connectivity index (χ0v) is 12.9. The highest BCUT2D eigenvalue weighted by Gasteiger charge is 2.21. The Morgan fingerprint density at radius 2 is 1.88 bits per heavy atom. The maximum absolute atomic E-state index is 12.5. The average Bonchev–Trinajstić information content (AvgIpc) is 2.53. The average molecular weight is 328 g/mol. The van der Waals surface area contributed by atoms with Crippen LogP contribution in [0.1, 0.15) is 12.5 Å². The van der Waals surface area contributed by atoms with E-state index in [-0.39, 0.29) is 45.4 Å². The summed E-state index contributed by atoms with van der Waals surface area (Å²) >= 11 is 0. The summed E-state index contributed by atoms with van der Waals surface area (Å²) in [5.41, 5.74) is -0.194. The molecular formula is C18H16O6. The van der Waals surface area contributed by atoms with Gasteiger partial charge >= 0.3 is 0 Å². The molecule has 24 heavy (non-hydrogen) atoms. The van der Waals surface area contributed by atoms with Gasteiger partial charge in [0.1, 0.15) is 5.75 Å². The van der Waals surface area contributed by atoms with Crippen molar-refractivity contribution in [3.63, 3.8) is 0 Å². The third kappa shape index (κ3) is 2.37. The van der Waals surface area contributed by atoms with Gasteiger partial charge in [0.05, 0.1) is 16.9 Å². The van der Waals surface area contributed by atoms with Crippen LogP contribution in [0.5, 0.6) is 17.2 Å². The Morgan fingerprint density at radius 1 is 1.17 bits per heavy atom. The van der Waals surface area contributed by atoms with E-state index in [4.69, 9.17) is 4.42 Å². The van der Waals surface area contributed by atoms with Gasteiger partial charge < -0.3 is 24.8 Å². The largest absolute Gasteiger partial charge is 0.507 e. The number of aliphatic hydroxyl groups excluding tert-OH is 1. The Kier molecular flexibility index (Phi) is 3.69. The number of aromatic hydroxyl groups is 3. The van der Waals surface area contributed by atoms with E-state index in [1.165, 1.54) is 24.3 Å². The number of rotatable bonds is 3. The van der Waals surface area contributed by atoms with Crippen LogP contribution in [0, 0.1) is 0 Å². The molecular weight excluding hydrogens is 312 g/mol. The SMILES string of the molecule is C=C(C)C(O)Cc1c(O)cc2c(=O)c3cccc(O)c3oc2c1O. The number of hydrogen-bond acceptors (Lipinski definition) is 6. The van der Waals surface area contributed by atoms with Crippen LogP contribution in [-0.4, -0.2) is 26.5 Å². The maximum atomic E-state index is 12.5. The molecule has 0 aliphatic carbocycles. The fourth-order valence-corrected chi connectivity index (χ4v) is 2.57. The monoisotopic (exact) mass is 328 g/mol. The molecule has 124 valence electrons. The van der Waals surface area contributed by atoms with Crippen LogP contribution in [-0.2, 0) is 6.42 Å². The first-order valence-corrected chi connectivity index (χ1v) is 7.27. The first-order chi connectivity index (χ1) is 11.3. The highest BCUT2D eigenvalue weighted by atomic mass is 16.4. The first kappa shape index (κ1) is 15.9. The van der Waals surface area contributed by atoms with Crippen LogP contribution in [0.3, 0.4) is 0 Å². The lowest BCUT2D eigenvalue weighted by Crippen LogP contribution is -2.12. The van der Waals surface area contributed by atoms with Gasteiger partial charge in [-0.05, 0) is 25.1 Å². The van der Waals surface area contributed by atoms with Gasteiger partial charge in [-0.2, -0.15) is 0 Å². The van der Waals surface area contributed by atoms with E-state index in [1.54, 1.807) is 6.92 Å². The minimum absolute atomic E-state index is 0.0170. The standard InChI is InChI=1S/C18H16O6/c1-8(2)13(20)6-10-14(21)7-11-15(22)9-4-3-5-12(19)17(9)24-18(11)16(10)23/h3-5,7,13,19-21,23H,1,6H2,2H3. The molecule has 3 aromatic rings. The van der Waals surface area contributed by atoms with E-state index in [0.717, 1.165) is 0 Å². The Morgan fingerprint density at radius 3 is 2.54 bits per heavy atom. The molecule has 2 aromatic carbocycles. The molecule has 4 N–H and O–H groups in total. The molecule has 0 radical (unpaired) electrons. The lowest BCUT2D eigenvalue weighted by molar-refractivity contribution is 0.209. The highest BCUT2D eigenvalue weighted by Crippen LogP contribution is 2.38. The van der Waals surface area contributed by atoms with Gasteiger partial charge in [0.25, 0.3) is 0 Å². The molecule has 1 unspecified atom stereocenters. The number of phenolic OH excluding ortho intramolecular Hbond substituents is 3. The summed E-state index contributed by atoms with van der Waals surface area (Å²) in [5.74, 6) is -1.01. The van der Waals surface area contributed by atoms with Gasteiger partial charge in [0, 0.05) is 12.0 Å². The summed E-state index contributed by atoms with van der Waals surface area (Å²) in [7, 11) is 0. The van der Waals surface area contributed by atoms with Crippen molar-refractivity contribution >= 4 is 21.9 Å². The minimum Gasteiger partial charge on any atom is -0.507 e. The molecule has 0 amide bonds. The molecule has 0 fully saturated rings. The van der Waals surface area contributed by atoms with E-state index in [1.807, 2.05) is 0 Å². The molecule has 0 aliphatic heterocycles. The van der Waals surface area contributed by atoms with Gasteiger partial charge in [-0.1, -0.05) is 18.2 Å². The second-order valence-corrected chi connectivity index (χ2v) is 5.75. The second-order valence-electron chi connectivity index (χ2n) is 5.75. The van der Waals surface area contributed by atoms with Gasteiger partial charge in [0.2, 0.25) is 5.43 Å². The second kappa shape index (κ2) is 5.58. The Balaban J connectivity index is 2.36. The Hall–Kier alpha value is -2.99. The first-order valence-electron chi connectivity index (χ1n) is 7.27. The molecule has 1 atom stereocenters. The summed E-state index contributed by atoms with van der Waals surface area (Å²) in [5, 5.41) is 40.5. The molecule has 1 aromatic heterocycles.